The van der Waals surface area contributed by atoms with E-state index in [9.17, 15) is 0 Å². The van der Waals surface area contributed by atoms with Crippen molar-refractivity contribution in [2.45, 2.75) is 13.5 Å². The quantitative estimate of drug-likeness (QED) is 0.272. The van der Waals surface area contributed by atoms with Gasteiger partial charge >= 0.3 is 0 Å². The second kappa shape index (κ2) is 12.4. The summed E-state index contributed by atoms with van der Waals surface area (Å²) in [5.74, 6) is 0. The molecule has 1 nitrogen and oxygen atoms in total. The second-order valence-corrected chi connectivity index (χ2v) is 8.83. The van der Waals surface area contributed by atoms with E-state index >= 15 is 0 Å². The highest BCUT2D eigenvalue weighted by Crippen LogP contribution is 2.32. The summed E-state index contributed by atoms with van der Waals surface area (Å²) in [4.78, 5) is 0. The molecule has 0 unspecified atom stereocenters. The minimum absolute atomic E-state index is 0.446. The molecule has 2 heteroatoms. The first-order valence-corrected chi connectivity index (χ1v) is 11.4. The lowest BCUT2D eigenvalue weighted by atomic mass is 10.2. The zero-order valence-corrected chi connectivity index (χ0v) is 18.2. The summed E-state index contributed by atoms with van der Waals surface area (Å²) in [6.45, 7) is 2.59. The molecule has 0 aromatic heterocycles. The van der Waals surface area contributed by atoms with Crippen molar-refractivity contribution >= 4 is 23.8 Å². The van der Waals surface area contributed by atoms with Gasteiger partial charge in [0.05, 0.1) is 6.26 Å². The molecule has 0 aliphatic carbocycles. The molecule has 0 amide bonds. The Morgan fingerprint density at radius 3 is 1.30 bits per heavy atom. The first-order valence-electron chi connectivity index (χ1n) is 10.1. The van der Waals surface area contributed by atoms with E-state index in [0.29, 0.717) is 6.61 Å². The van der Waals surface area contributed by atoms with Gasteiger partial charge in [0.15, 0.2) is 0 Å². The Kier molecular flexibility index (Phi) is 8.92. The van der Waals surface area contributed by atoms with Crippen LogP contribution in [0.4, 0.5) is 0 Å². The fraction of sp³-hybridized carbons (Fsp3) is 0.0714. The Labute approximate surface area is 181 Å². The van der Waals surface area contributed by atoms with Crippen LogP contribution >= 0.6 is 7.92 Å². The van der Waals surface area contributed by atoms with Gasteiger partial charge in [-0.1, -0.05) is 127 Å². The highest BCUT2D eigenvalue weighted by atomic mass is 31.1. The van der Waals surface area contributed by atoms with Gasteiger partial charge in [0, 0.05) is 0 Å². The smallest absolute Gasteiger partial charge is 0.112 e. The number of ether oxygens (including phenoxy) is 1. The molecule has 0 bridgehead atoms. The third-order valence-corrected chi connectivity index (χ3v) is 6.81. The Morgan fingerprint density at radius 1 is 0.567 bits per heavy atom. The van der Waals surface area contributed by atoms with Crippen LogP contribution in [0.1, 0.15) is 12.5 Å². The summed E-state index contributed by atoms with van der Waals surface area (Å²) in [6, 6.07) is 42.4. The Hall–Kier alpha value is -3.15. The summed E-state index contributed by atoms with van der Waals surface area (Å²) in [6.07, 6.45) is 3.58. The molecule has 0 aliphatic heterocycles. The second-order valence-electron chi connectivity index (χ2n) is 6.61. The van der Waals surface area contributed by atoms with Gasteiger partial charge in [0.1, 0.15) is 6.61 Å². The van der Waals surface area contributed by atoms with E-state index < -0.39 is 7.92 Å². The van der Waals surface area contributed by atoms with Crippen molar-refractivity contribution in [2.75, 3.05) is 0 Å². The Bertz CT molecular complexity index is 890. The molecular formula is C28H27OP. The highest BCUT2D eigenvalue weighted by Gasteiger charge is 2.14. The van der Waals surface area contributed by atoms with Crippen molar-refractivity contribution in [2.24, 2.45) is 0 Å². The molecule has 30 heavy (non-hydrogen) atoms. The van der Waals surface area contributed by atoms with Crippen molar-refractivity contribution in [1.29, 1.82) is 0 Å². The van der Waals surface area contributed by atoms with E-state index in [1.165, 1.54) is 21.5 Å². The predicted octanol–water partition coefficient (Wildman–Crippen LogP) is 6.18. The lowest BCUT2D eigenvalue weighted by Gasteiger charge is -2.18. The van der Waals surface area contributed by atoms with E-state index in [2.05, 4.69) is 91.0 Å². The average molecular weight is 410 g/mol. The molecule has 0 fully saturated rings. The van der Waals surface area contributed by atoms with Gasteiger partial charge in [0.25, 0.3) is 0 Å². The van der Waals surface area contributed by atoms with Gasteiger partial charge in [-0.25, -0.2) is 0 Å². The normalized spacial score (nSPS) is 10.5. The van der Waals surface area contributed by atoms with Gasteiger partial charge < -0.3 is 4.74 Å². The van der Waals surface area contributed by atoms with Crippen LogP contribution in [0.25, 0.3) is 0 Å². The molecule has 0 spiro atoms. The lowest BCUT2D eigenvalue weighted by Crippen LogP contribution is -2.20. The number of hydrogen-bond donors (Lipinski definition) is 0. The molecule has 4 aromatic carbocycles. The van der Waals surface area contributed by atoms with E-state index in [1.807, 2.05) is 43.3 Å². The summed E-state index contributed by atoms with van der Waals surface area (Å²) in [5, 5.41) is 4.19. The summed E-state index contributed by atoms with van der Waals surface area (Å²) < 4.78 is 5.19. The summed E-state index contributed by atoms with van der Waals surface area (Å²) in [5.41, 5.74) is 1.20. The molecule has 0 N–H and O–H groups in total. The van der Waals surface area contributed by atoms with E-state index in [0.717, 1.165) is 0 Å². The van der Waals surface area contributed by atoms with E-state index in [1.54, 1.807) is 6.26 Å². The van der Waals surface area contributed by atoms with Gasteiger partial charge in [-0.3, -0.25) is 0 Å². The zero-order valence-electron chi connectivity index (χ0n) is 17.3. The number of allylic oxidation sites excluding steroid dienone is 1. The highest BCUT2D eigenvalue weighted by molar-refractivity contribution is 7.79. The average Bonchev–Trinajstić information content (AvgIpc) is 2.83. The minimum atomic E-state index is -0.446. The van der Waals surface area contributed by atoms with Crippen molar-refractivity contribution in [3.8, 4) is 0 Å². The molecule has 0 atom stereocenters. The van der Waals surface area contributed by atoms with Crippen molar-refractivity contribution in [3.63, 3.8) is 0 Å². The number of hydrogen-bond acceptors (Lipinski definition) is 1. The fourth-order valence-corrected chi connectivity index (χ4v) is 5.30. The van der Waals surface area contributed by atoms with Gasteiger partial charge in [-0.05, 0) is 36.3 Å². The van der Waals surface area contributed by atoms with Crippen LogP contribution in [-0.4, -0.2) is 0 Å². The molecule has 0 aliphatic rings. The van der Waals surface area contributed by atoms with E-state index in [-0.39, 0.29) is 0 Å². The molecule has 0 saturated carbocycles. The minimum Gasteiger partial charge on any atom is -0.497 e. The number of rotatable bonds is 6. The Morgan fingerprint density at radius 2 is 0.933 bits per heavy atom. The number of benzene rings is 4. The Balaban J connectivity index is 0.000000199. The van der Waals surface area contributed by atoms with Crippen LogP contribution < -0.4 is 15.9 Å². The zero-order chi connectivity index (χ0) is 20.9. The summed E-state index contributed by atoms with van der Waals surface area (Å²) in [7, 11) is -0.446. The first-order chi connectivity index (χ1) is 14.9. The van der Waals surface area contributed by atoms with Gasteiger partial charge in [-0.2, -0.15) is 0 Å². The monoisotopic (exact) mass is 410 g/mol. The molecule has 0 radical (unpaired) electrons. The third kappa shape index (κ3) is 6.72. The molecule has 4 rings (SSSR count). The standard InChI is InChI=1S/C18H15P.C10H12O/c1-4-10-16(11-5-1)19(17-12-6-2-7-13-17)18-14-8-3-9-15-18;1-2-8-11-9-10-6-4-3-5-7-10/h1-15H;2-8H,9H2,1H3. The lowest BCUT2D eigenvalue weighted by molar-refractivity contribution is 0.236. The fourth-order valence-electron chi connectivity index (χ4n) is 2.99. The summed E-state index contributed by atoms with van der Waals surface area (Å²) >= 11 is 0. The van der Waals surface area contributed by atoms with Crippen LogP contribution in [0.3, 0.4) is 0 Å². The first kappa shape index (κ1) is 21.6. The van der Waals surface area contributed by atoms with Crippen LogP contribution in [0, 0.1) is 0 Å². The molecule has 0 heterocycles. The van der Waals surface area contributed by atoms with Gasteiger partial charge in [-0.15, -0.1) is 0 Å². The third-order valence-electron chi connectivity index (χ3n) is 4.37. The maximum atomic E-state index is 5.19. The molecular weight excluding hydrogens is 383 g/mol. The molecule has 150 valence electrons. The van der Waals surface area contributed by atoms with Gasteiger partial charge in [0.2, 0.25) is 0 Å². The maximum Gasteiger partial charge on any atom is 0.112 e. The topological polar surface area (TPSA) is 9.23 Å². The molecule has 0 saturated heterocycles. The van der Waals surface area contributed by atoms with Crippen molar-refractivity contribution in [1.82, 2.24) is 0 Å². The van der Waals surface area contributed by atoms with Crippen LogP contribution in [0.5, 0.6) is 0 Å². The van der Waals surface area contributed by atoms with Crippen molar-refractivity contribution < 1.29 is 4.74 Å². The molecule has 4 aromatic rings. The predicted molar refractivity (Wildman–Crippen MR) is 131 cm³/mol. The largest absolute Gasteiger partial charge is 0.497 e. The van der Waals surface area contributed by atoms with E-state index in [4.69, 9.17) is 4.74 Å². The van der Waals surface area contributed by atoms with Crippen LogP contribution in [-0.2, 0) is 11.3 Å². The van der Waals surface area contributed by atoms with Crippen LogP contribution in [0.15, 0.2) is 134 Å². The maximum absolute atomic E-state index is 5.19. The van der Waals surface area contributed by atoms with Crippen molar-refractivity contribution in [3.05, 3.63) is 139 Å². The SMILES string of the molecule is CC=COCc1ccccc1.c1ccc(P(c2ccccc2)c2ccccc2)cc1. The van der Waals surface area contributed by atoms with Crippen LogP contribution in [0.2, 0.25) is 0 Å².